The first kappa shape index (κ1) is 13.9. The first-order chi connectivity index (χ1) is 9.58. The Morgan fingerprint density at radius 1 is 1.45 bits per heavy atom. The molecule has 1 aromatic rings. The van der Waals surface area contributed by atoms with E-state index in [1.165, 1.54) is 25.7 Å². The Balaban J connectivity index is 1.68. The van der Waals surface area contributed by atoms with E-state index >= 15 is 0 Å². The topological polar surface area (TPSA) is 67.2 Å². The Kier molecular flexibility index (Phi) is 3.73. The smallest absolute Gasteiger partial charge is 0.249 e. The Morgan fingerprint density at radius 2 is 2.25 bits per heavy atom. The van der Waals surface area contributed by atoms with Gasteiger partial charge in [-0.1, -0.05) is 0 Å². The van der Waals surface area contributed by atoms with E-state index in [-0.39, 0.29) is 0 Å². The van der Waals surface area contributed by atoms with Crippen LogP contribution in [-0.4, -0.2) is 24.0 Å². The van der Waals surface area contributed by atoms with Gasteiger partial charge in [-0.25, -0.2) is 0 Å². The van der Waals surface area contributed by atoms with Crippen molar-refractivity contribution in [3.8, 4) is 0 Å². The molecule has 0 radical (unpaired) electrons. The first-order valence-electron chi connectivity index (χ1n) is 7.19. The lowest BCUT2D eigenvalue weighted by Gasteiger charge is -2.48. The second kappa shape index (κ2) is 5.37. The minimum atomic E-state index is -0.404. The molecule has 4 nitrogen and oxygen atoms in total. The van der Waals surface area contributed by atoms with Crippen molar-refractivity contribution in [2.75, 3.05) is 11.9 Å². The Morgan fingerprint density at radius 3 is 2.85 bits per heavy atom. The van der Waals surface area contributed by atoms with Crippen molar-refractivity contribution >= 4 is 27.5 Å². The van der Waals surface area contributed by atoms with E-state index in [9.17, 15) is 4.79 Å². The standard InChI is InChI=1S/C15H20BrN3O/c16-13-8-10(2-3-12(13)14(17)20)19-11-4-7-18-15(9-11)5-1-6-15/h2-3,8,11,18-19H,1,4-7,9H2,(H2,17,20). The average Bonchev–Trinajstić information content (AvgIpc) is 2.37. The number of carbonyl (C=O) groups excluding carboxylic acids is 1. The summed E-state index contributed by atoms with van der Waals surface area (Å²) < 4.78 is 0.752. The van der Waals surface area contributed by atoms with E-state index in [1.807, 2.05) is 12.1 Å². The molecule has 5 heteroatoms. The van der Waals surface area contributed by atoms with Gasteiger partial charge in [-0.2, -0.15) is 0 Å². The predicted molar refractivity (Wildman–Crippen MR) is 83.9 cm³/mol. The highest BCUT2D eigenvalue weighted by Gasteiger charge is 2.40. The molecule has 1 heterocycles. The molecule has 1 aromatic carbocycles. The molecule has 3 rings (SSSR count). The van der Waals surface area contributed by atoms with Crippen LogP contribution in [0.2, 0.25) is 0 Å². The lowest BCUT2D eigenvalue weighted by molar-refractivity contribution is 0.0999. The molecule has 0 bridgehead atoms. The zero-order valence-corrected chi connectivity index (χ0v) is 13.0. The third-order valence-electron chi connectivity index (χ3n) is 4.55. The van der Waals surface area contributed by atoms with Crippen LogP contribution in [0.1, 0.15) is 42.5 Å². The van der Waals surface area contributed by atoms with Gasteiger partial charge >= 0.3 is 0 Å². The summed E-state index contributed by atoms with van der Waals surface area (Å²) >= 11 is 3.41. The zero-order valence-electron chi connectivity index (χ0n) is 11.4. The summed E-state index contributed by atoms with van der Waals surface area (Å²) in [4.78, 5) is 11.2. The van der Waals surface area contributed by atoms with Gasteiger partial charge < -0.3 is 16.4 Å². The van der Waals surface area contributed by atoms with Crippen LogP contribution in [0.5, 0.6) is 0 Å². The number of nitrogens with one attached hydrogen (secondary N) is 2. The number of anilines is 1. The molecule has 0 aromatic heterocycles. The molecule has 1 aliphatic heterocycles. The fourth-order valence-electron chi connectivity index (χ4n) is 3.31. The van der Waals surface area contributed by atoms with Crippen molar-refractivity contribution in [1.82, 2.24) is 5.32 Å². The highest BCUT2D eigenvalue weighted by molar-refractivity contribution is 9.10. The number of piperidine rings is 1. The second-order valence-electron chi connectivity index (χ2n) is 5.95. The average molecular weight is 338 g/mol. The summed E-state index contributed by atoms with van der Waals surface area (Å²) in [6.07, 6.45) is 6.27. The number of halogens is 1. The van der Waals surface area contributed by atoms with Crippen molar-refractivity contribution in [2.24, 2.45) is 5.73 Å². The largest absolute Gasteiger partial charge is 0.382 e. The number of hydrogen-bond donors (Lipinski definition) is 3. The van der Waals surface area contributed by atoms with Crippen LogP contribution < -0.4 is 16.4 Å². The maximum absolute atomic E-state index is 11.2. The number of nitrogens with two attached hydrogens (primary N) is 1. The van der Waals surface area contributed by atoms with E-state index in [0.29, 0.717) is 17.1 Å². The van der Waals surface area contributed by atoms with E-state index < -0.39 is 5.91 Å². The summed E-state index contributed by atoms with van der Waals surface area (Å²) in [5.41, 5.74) is 7.27. The maximum atomic E-state index is 11.2. The monoisotopic (exact) mass is 337 g/mol. The number of rotatable bonds is 3. The van der Waals surface area contributed by atoms with Gasteiger partial charge in [0.25, 0.3) is 0 Å². The Labute approximate surface area is 127 Å². The summed E-state index contributed by atoms with van der Waals surface area (Å²) in [5, 5.41) is 7.26. The molecule has 1 amide bonds. The molecule has 20 heavy (non-hydrogen) atoms. The predicted octanol–water partition coefficient (Wildman–Crippen LogP) is 2.63. The first-order valence-corrected chi connectivity index (χ1v) is 7.98. The Bertz CT molecular complexity index is 528. The molecule has 1 unspecified atom stereocenters. The lowest BCUT2D eigenvalue weighted by Crippen LogP contribution is -2.58. The fraction of sp³-hybridized carbons (Fsp3) is 0.533. The van der Waals surface area contributed by atoms with Gasteiger partial charge in [0.05, 0.1) is 5.56 Å². The van der Waals surface area contributed by atoms with Crippen molar-refractivity contribution in [3.63, 3.8) is 0 Å². The molecule has 1 saturated heterocycles. The van der Waals surface area contributed by atoms with Gasteiger partial charge in [-0.3, -0.25) is 4.79 Å². The molecular formula is C15H20BrN3O. The van der Waals surface area contributed by atoms with E-state index in [2.05, 4.69) is 26.6 Å². The van der Waals surface area contributed by atoms with Crippen molar-refractivity contribution < 1.29 is 4.79 Å². The van der Waals surface area contributed by atoms with Crippen molar-refractivity contribution in [2.45, 2.75) is 43.7 Å². The van der Waals surface area contributed by atoms with Gasteiger partial charge in [0.15, 0.2) is 0 Å². The quantitative estimate of drug-likeness (QED) is 0.794. The van der Waals surface area contributed by atoms with Gasteiger partial charge in [0.1, 0.15) is 0 Å². The SMILES string of the molecule is NC(=O)c1ccc(NC2CCNC3(CCC3)C2)cc1Br. The van der Waals surface area contributed by atoms with Crippen LogP contribution in [0.25, 0.3) is 0 Å². The van der Waals surface area contributed by atoms with E-state index in [0.717, 1.165) is 23.1 Å². The fourth-order valence-corrected chi connectivity index (χ4v) is 3.88. The molecule has 2 fully saturated rings. The molecule has 1 aliphatic carbocycles. The Hall–Kier alpha value is -1.07. The van der Waals surface area contributed by atoms with Crippen LogP contribution in [0, 0.1) is 0 Å². The number of carbonyl (C=O) groups is 1. The molecule has 2 aliphatic rings. The number of benzene rings is 1. The summed E-state index contributed by atoms with van der Waals surface area (Å²) in [7, 11) is 0. The summed E-state index contributed by atoms with van der Waals surface area (Å²) in [6.45, 7) is 1.08. The van der Waals surface area contributed by atoms with E-state index in [1.54, 1.807) is 6.07 Å². The molecule has 1 atom stereocenters. The third kappa shape index (κ3) is 2.69. The van der Waals surface area contributed by atoms with Gasteiger partial charge in [-0.15, -0.1) is 0 Å². The van der Waals surface area contributed by atoms with E-state index in [4.69, 9.17) is 5.73 Å². The minimum absolute atomic E-state index is 0.389. The molecule has 1 spiro atoms. The van der Waals surface area contributed by atoms with Crippen LogP contribution in [0.15, 0.2) is 22.7 Å². The van der Waals surface area contributed by atoms with Crippen molar-refractivity contribution in [1.29, 1.82) is 0 Å². The van der Waals surface area contributed by atoms with Crippen LogP contribution in [0.4, 0.5) is 5.69 Å². The lowest BCUT2D eigenvalue weighted by atomic mass is 9.70. The number of amides is 1. The van der Waals surface area contributed by atoms with Crippen LogP contribution in [-0.2, 0) is 0 Å². The molecule has 108 valence electrons. The molecular weight excluding hydrogens is 318 g/mol. The number of hydrogen-bond acceptors (Lipinski definition) is 3. The van der Waals surface area contributed by atoms with Crippen LogP contribution in [0.3, 0.4) is 0 Å². The summed E-state index contributed by atoms with van der Waals surface area (Å²) in [5.74, 6) is -0.404. The van der Waals surface area contributed by atoms with Gasteiger partial charge in [0, 0.05) is 21.7 Å². The summed E-state index contributed by atoms with van der Waals surface area (Å²) in [6, 6.07) is 6.15. The maximum Gasteiger partial charge on any atom is 0.249 e. The zero-order chi connectivity index (χ0) is 14.2. The van der Waals surface area contributed by atoms with Gasteiger partial charge in [-0.05, 0) is 72.8 Å². The minimum Gasteiger partial charge on any atom is -0.382 e. The molecule has 4 N–H and O–H groups in total. The highest BCUT2D eigenvalue weighted by atomic mass is 79.9. The van der Waals surface area contributed by atoms with Crippen molar-refractivity contribution in [3.05, 3.63) is 28.2 Å². The third-order valence-corrected chi connectivity index (χ3v) is 5.20. The van der Waals surface area contributed by atoms with Crippen LogP contribution >= 0.6 is 15.9 Å². The second-order valence-corrected chi connectivity index (χ2v) is 6.81. The highest BCUT2D eigenvalue weighted by Crippen LogP contribution is 2.39. The number of primary amides is 1. The molecule has 1 saturated carbocycles. The van der Waals surface area contributed by atoms with Gasteiger partial charge in [0.2, 0.25) is 5.91 Å². The normalized spacial score (nSPS) is 24.1.